The summed E-state index contributed by atoms with van der Waals surface area (Å²) < 4.78 is 11.8. The van der Waals surface area contributed by atoms with Gasteiger partial charge in [0.05, 0.1) is 25.5 Å². The lowest BCUT2D eigenvalue weighted by Crippen LogP contribution is -3.00. The Labute approximate surface area is 137 Å². The van der Waals surface area contributed by atoms with E-state index in [4.69, 9.17) is 9.47 Å². The highest BCUT2D eigenvalue weighted by atomic mass is 79.9. The SMILES string of the molecule is CCCC[P+](C)(CCCC)C(CCC)C1OCCO1.[Br-]. The van der Waals surface area contributed by atoms with Crippen molar-refractivity contribution >= 4 is 7.26 Å². The zero-order valence-electron chi connectivity index (χ0n) is 13.9. The Balaban J connectivity index is 0.00000361. The molecule has 4 heteroatoms. The topological polar surface area (TPSA) is 18.5 Å². The third kappa shape index (κ3) is 6.30. The van der Waals surface area contributed by atoms with Crippen molar-refractivity contribution < 1.29 is 26.5 Å². The highest BCUT2D eigenvalue weighted by Crippen LogP contribution is 2.63. The van der Waals surface area contributed by atoms with Crippen LogP contribution in [0, 0.1) is 0 Å². The van der Waals surface area contributed by atoms with Crippen LogP contribution in [0.25, 0.3) is 0 Å². The lowest BCUT2D eigenvalue weighted by molar-refractivity contribution is -0.0447. The molecule has 0 bridgehead atoms. The third-order valence-corrected chi connectivity index (χ3v) is 9.17. The van der Waals surface area contributed by atoms with Crippen LogP contribution in [0.3, 0.4) is 0 Å². The first-order chi connectivity index (χ1) is 9.18. The molecule has 1 heterocycles. The van der Waals surface area contributed by atoms with Crippen molar-refractivity contribution in [2.45, 2.75) is 71.2 Å². The molecule has 1 atom stereocenters. The Morgan fingerprint density at radius 1 is 0.950 bits per heavy atom. The van der Waals surface area contributed by atoms with Crippen LogP contribution in [-0.2, 0) is 9.47 Å². The second-order valence-electron chi connectivity index (χ2n) is 6.10. The first-order valence-corrected chi connectivity index (χ1v) is 10.9. The fraction of sp³-hybridized carbons (Fsp3) is 1.00. The van der Waals surface area contributed by atoms with Crippen molar-refractivity contribution in [3.05, 3.63) is 0 Å². The standard InChI is InChI=1S/C16H34O2P.BrH/c1-5-8-13-19(4,14-9-6-2)15(10-7-3)16-17-11-12-18-16;/h15-16H,5-14H2,1-4H3;1H/q+1;/p-1. The molecule has 1 saturated heterocycles. The summed E-state index contributed by atoms with van der Waals surface area (Å²) in [5.74, 6) is 0. The predicted molar refractivity (Wildman–Crippen MR) is 86.8 cm³/mol. The summed E-state index contributed by atoms with van der Waals surface area (Å²) in [6, 6.07) is 0. The molecule has 2 nitrogen and oxygen atoms in total. The molecule has 0 N–H and O–H groups in total. The van der Waals surface area contributed by atoms with Gasteiger partial charge in [0.2, 0.25) is 0 Å². The van der Waals surface area contributed by atoms with Gasteiger partial charge in [0.1, 0.15) is 5.66 Å². The van der Waals surface area contributed by atoms with Crippen LogP contribution in [0.4, 0.5) is 0 Å². The molecule has 0 amide bonds. The fourth-order valence-electron chi connectivity index (χ4n) is 3.12. The average Bonchev–Trinajstić information content (AvgIpc) is 2.94. The second kappa shape index (κ2) is 11.4. The summed E-state index contributed by atoms with van der Waals surface area (Å²) in [6.07, 6.45) is 10.9. The smallest absolute Gasteiger partial charge is 0.194 e. The molecule has 1 fully saturated rings. The Bertz CT molecular complexity index is 225. The maximum absolute atomic E-state index is 5.88. The number of ether oxygens (including phenoxy) is 2. The van der Waals surface area contributed by atoms with Gasteiger partial charge in [0.15, 0.2) is 6.29 Å². The predicted octanol–water partition coefficient (Wildman–Crippen LogP) is 1.78. The molecule has 1 unspecified atom stereocenters. The first kappa shape index (κ1) is 20.8. The van der Waals surface area contributed by atoms with Crippen LogP contribution >= 0.6 is 7.26 Å². The van der Waals surface area contributed by atoms with Crippen LogP contribution in [0.15, 0.2) is 0 Å². The average molecular weight is 369 g/mol. The second-order valence-corrected chi connectivity index (χ2v) is 10.6. The van der Waals surface area contributed by atoms with Crippen LogP contribution in [-0.4, -0.2) is 44.2 Å². The minimum Gasteiger partial charge on any atom is -1.00 e. The van der Waals surface area contributed by atoms with Gasteiger partial charge in [0.25, 0.3) is 0 Å². The number of halogens is 1. The van der Waals surface area contributed by atoms with E-state index in [1.807, 2.05) is 0 Å². The fourth-order valence-corrected chi connectivity index (χ4v) is 7.72. The molecule has 1 rings (SSSR count). The summed E-state index contributed by atoms with van der Waals surface area (Å²) in [5.41, 5.74) is 0.679. The summed E-state index contributed by atoms with van der Waals surface area (Å²) in [4.78, 5) is 0. The van der Waals surface area contributed by atoms with Crippen molar-refractivity contribution in [3.8, 4) is 0 Å². The van der Waals surface area contributed by atoms with E-state index >= 15 is 0 Å². The van der Waals surface area contributed by atoms with Crippen molar-refractivity contribution in [1.29, 1.82) is 0 Å². The molecule has 20 heavy (non-hydrogen) atoms. The minimum absolute atomic E-state index is 0. The quantitative estimate of drug-likeness (QED) is 0.547. The highest BCUT2D eigenvalue weighted by molar-refractivity contribution is 7.75. The molecular weight excluding hydrogens is 335 g/mol. The van der Waals surface area contributed by atoms with Crippen molar-refractivity contribution in [2.75, 3.05) is 32.2 Å². The largest absolute Gasteiger partial charge is 1.00 e. The first-order valence-electron chi connectivity index (χ1n) is 8.25. The number of rotatable bonds is 10. The molecule has 0 aromatic carbocycles. The van der Waals surface area contributed by atoms with E-state index in [-0.39, 0.29) is 23.3 Å². The van der Waals surface area contributed by atoms with Crippen LogP contribution < -0.4 is 17.0 Å². The van der Waals surface area contributed by atoms with E-state index in [9.17, 15) is 0 Å². The Morgan fingerprint density at radius 2 is 1.45 bits per heavy atom. The molecule has 0 spiro atoms. The molecule has 0 aromatic heterocycles. The van der Waals surface area contributed by atoms with Crippen molar-refractivity contribution in [2.24, 2.45) is 0 Å². The van der Waals surface area contributed by atoms with Gasteiger partial charge in [-0.2, -0.15) is 0 Å². The highest BCUT2D eigenvalue weighted by Gasteiger charge is 2.46. The molecule has 1 aliphatic rings. The molecule has 0 aromatic rings. The van der Waals surface area contributed by atoms with Gasteiger partial charge in [-0.1, -0.05) is 40.0 Å². The third-order valence-electron chi connectivity index (χ3n) is 4.39. The molecule has 0 radical (unpaired) electrons. The minimum atomic E-state index is -0.928. The summed E-state index contributed by atoms with van der Waals surface area (Å²) in [5, 5.41) is 0. The maximum atomic E-state index is 5.88. The van der Waals surface area contributed by atoms with E-state index in [0.717, 1.165) is 13.2 Å². The molecule has 0 aliphatic carbocycles. The summed E-state index contributed by atoms with van der Waals surface area (Å²) in [7, 11) is -0.928. The lowest BCUT2D eigenvalue weighted by Gasteiger charge is -2.34. The van der Waals surface area contributed by atoms with E-state index in [2.05, 4.69) is 27.4 Å². The molecule has 1 aliphatic heterocycles. The number of unbranched alkanes of at least 4 members (excludes halogenated alkanes) is 2. The Morgan fingerprint density at radius 3 is 1.85 bits per heavy atom. The Kier molecular flexibility index (Phi) is 11.9. The van der Waals surface area contributed by atoms with Gasteiger partial charge in [-0.25, -0.2) is 0 Å². The molecule has 0 saturated carbocycles. The van der Waals surface area contributed by atoms with E-state index < -0.39 is 7.26 Å². The van der Waals surface area contributed by atoms with E-state index in [1.54, 1.807) is 0 Å². The monoisotopic (exact) mass is 368 g/mol. The number of hydrogen-bond donors (Lipinski definition) is 0. The van der Waals surface area contributed by atoms with Gasteiger partial charge in [-0.05, 0) is 19.3 Å². The van der Waals surface area contributed by atoms with Gasteiger partial charge in [-0.3, -0.25) is 0 Å². The van der Waals surface area contributed by atoms with Gasteiger partial charge in [-0.15, -0.1) is 0 Å². The number of hydrogen-bond acceptors (Lipinski definition) is 2. The van der Waals surface area contributed by atoms with Gasteiger partial charge in [0, 0.05) is 13.9 Å². The zero-order chi connectivity index (χ0) is 14.1. The van der Waals surface area contributed by atoms with E-state index in [1.165, 1.54) is 50.8 Å². The van der Waals surface area contributed by atoms with Crippen LogP contribution in [0.2, 0.25) is 0 Å². The van der Waals surface area contributed by atoms with Crippen LogP contribution in [0.1, 0.15) is 59.3 Å². The normalized spacial score (nSPS) is 18.0. The lowest BCUT2D eigenvalue weighted by atomic mass is 10.2. The van der Waals surface area contributed by atoms with Crippen LogP contribution in [0.5, 0.6) is 0 Å². The Hall–Kier alpha value is 0.830. The van der Waals surface area contributed by atoms with Gasteiger partial charge >= 0.3 is 0 Å². The summed E-state index contributed by atoms with van der Waals surface area (Å²) >= 11 is 0. The van der Waals surface area contributed by atoms with Crippen molar-refractivity contribution in [1.82, 2.24) is 0 Å². The molecule has 122 valence electrons. The van der Waals surface area contributed by atoms with Gasteiger partial charge < -0.3 is 26.5 Å². The maximum Gasteiger partial charge on any atom is 0.194 e. The molecular formula is C16H34BrO2P. The zero-order valence-corrected chi connectivity index (χ0v) is 16.3. The van der Waals surface area contributed by atoms with Crippen molar-refractivity contribution in [3.63, 3.8) is 0 Å². The summed E-state index contributed by atoms with van der Waals surface area (Å²) in [6.45, 7) is 11.1. The van der Waals surface area contributed by atoms with E-state index in [0.29, 0.717) is 5.66 Å².